The van der Waals surface area contributed by atoms with Gasteiger partial charge in [-0.25, -0.2) is 12.8 Å². The summed E-state index contributed by atoms with van der Waals surface area (Å²) in [6.07, 6.45) is 1.27. The highest BCUT2D eigenvalue weighted by atomic mass is 32.2. The zero-order valence-electron chi connectivity index (χ0n) is 15.6. The summed E-state index contributed by atoms with van der Waals surface area (Å²) in [4.78, 5) is 14.4. The van der Waals surface area contributed by atoms with Gasteiger partial charge in [-0.05, 0) is 49.1 Å². The van der Waals surface area contributed by atoms with Crippen LogP contribution in [0.2, 0.25) is 0 Å². The second-order valence-corrected chi connectivity index (χ2v) is 9.66. The molecule has 0 aromatic heterocycles. The van der Waals surface area contributed by atoms with Crippen molar-refractivity contribution in [2.24, 2.45) is 17.1 Å². The topological polar surface area (TPSA) is 83.7 Å². The van der Waals surface area contributed by atoms with Crippen molar-refractivity contribution in [1.82, 2.24) is 9.21 Å². The van der Waals surface area contributed by atoms with Gasteiger partial charge in [0.15, 0.2) is 0 Å². The minimum Gasteiger partial charge on any atom is -0.345 e. The van der Waals surface area contributed by atoms with Gasteiger partial charge in [0.2, 0.25) is 15.9 Å². The predicted molar refractivity (Wildman–Crippen MR) is 98.4 cm³/mol. The molecule has 1 aliphatic rings. The first kappa shape index (κ1) is 20.8. The van der Waals surface area contributed by atoms with E-state index in [-0.39, 0.29) is 28.7 Å². The van der Waals surface area contributed by atoms with Gasteiger partial charge in [0.05, 0.1) is 10.8 Å². The summed E-state index contributed by atoms with van der Waals surface area (Å²) >= 11 is 0. The monoisotopic (exact) mass is 385 g/mol. The molecule has 1 fully saturated rings. The van der Waals surface area contributed by atoms with Gasteiger partial charge in [-0.1, -0.05) is 13.8 Å². The third kappa shape index (κ3) is 4.81. The van der Waals surface area contributed by atoms with E-state index < -0.39 is 15.8 Å². The van der Waals surface area contributed by atoms with E-state index in [2.05, 4.69) is 0 Å². The summed E-state index contributed by atoms with van der Waals surface area (Å²) in [6, 6.07) is 4.77. The standard InChI is InChI=1S/C18H28FN3O3S/c1-18(2,12-20)13-21(3)17(23)14-5-4-10-22(11-14)26(24,25)16-8-6-15(19)7-9-16/h6-9,14H,4-5,10-13,20H2,1-3H3. The maximum absolute atomic E-state index is 13.1. The summed E-state index contributed by atoms with van der Waals surface area (Å²) in [5.74, 6) is -0.928. The second kappa shape index (κ2) is 8.02. The second-order valence-electron chi connectivity index (χ2n) is 7.72. The molecule has 0 saturated carbocycles. The molecule has 0 bridgehead atoms. The highest BCUT2D eigenvalue weighted by molar-refractivity contribution is 7.89. The van der Waals surface area contributed by atoms with Crippen molar-refractivity contribution >= 4 is 15.9 Å². The average Bonchev–Trinajstić information content (AvgIpc) is 2.61. The summed E-state index contributed by atoms with van der Waals surface area (Å²) in [6.45, 7) is 5.46. The van der Waals surface area contributed by atoms with Crippen LogP contribution in [0.25, 0.3) is 0 Å². The van der Waals surface area contributed by atoms with Gasteiger partial charge in [-0.15, -0.1) is 0 Å². The molecule has 1 aromatic carbocycles. The molecular weight excluding hydrogens is 357 g/mol. The Morgan fingerprint density at radius 2 is 1.96 bits per heavy atom. The van der Waals surface area contributed by atoms with Crippen LogP contribution in [0.4, 0.5) is 4.39 Å². The minimum absolute atomic E-state index is 0.0459. The molecule has 2 rings (SSSR count). The van der Waals surface area contributed by atoms with Gasteiger partial charge >= 0.3 is 0 Å². The number of nitrogens with two attached hydrogens (primary N) is 1. The van der Waals surface area contributed by atoms with Crippen LogP contribution in [0, 0.1) is 17.2 Å². The van der Waals surface area contributed by atoms with Gasteiger partial charge in [0.1, 0.15) is 5.82 Å². The molecule has 1 aliphatic heterocycles. The number of carbonyl (C=O) groups is 1. The maximum atomic E-state index is 13.1. The molecule has 1 atom stereocenters. The Morgan fingerprint density at radius 1 is 1.35 bits per heavy atom. The van der Waals surface area contributed by atoms with Crippen molar-refractivity contribution in [3.63, 3.8) is 0 Å². The molecule has 6 nitrogen and oxygen atoms in total. The molecule has 146 valence electrons. The highest BCUT2D eigenvalue weighted by Gasteiger charge is 2.35. The van der Waals surface area contributed by atoms with E-state index in [9.17, 15) is 17.6 Å². The molecule has 1 amide bonds. The molecule has 0 radical (unpaired) electrons. The van der Waals surface area contributed by atoms with Crippen molar-refractivity contribution in [2.45, 2.75) is 31.6 Å². The molecule has 0 aliphatic carbocycles. The predicted octanol–water partition coefficient (Wildman–Crippen LogP) is 1.67. The molecule has 2 N–H and O–H groups in total. The fourth-order valence-corrected chi connectivity index (χ4v) is 4.74. The summed E-state index contributed by atoms with van der Waals surface area (Å²) in [5, 5.41) is 0. The van der Waals surface area contributed by atoms with E-state index >= 15 is 0 Å². The Morgan fingerprint density at radius 3 is 2.54 bits per heavy atom. The van der Waals surface area contributed by atoms with Gasteiger partial charge in [0.25, 0.3) is 0 Å². The van der Waals surface area contributed by atoms with Crippen molar-refractivity contribution in [1.29, 1.82) is 0 Å². The minimum atomic E-state index is -3.73. The maximum Gasteiger partial charge on any atom is 0.243 e. The molecule has 1 aromatic rings. The Bertz CT molecular complexity index is 735. The summed E-state index contributed by atoms with van der Waals surface area (Å²) in [5.41, 5.74) is 5.54. The summed E-state index contributed by atoms with van der Waals surface area (Å²) < 4.78 is 39.9. The Kier molecular flexibility index (Phi) is 6.42. The average molecular weight is 386 g/mol. The van der Waals surface area contributed by atoms with E-state index in [1.165, 1.54) is 16.4 Å². The van der Waals surface area contributed by atoms with E-state index in [4.69, 9.17) is 5.73 Å². The number of nitrogens with zero attached hydrogens (tertiary/aromatic N) is 2. The molecule has 1 unspecified atom stereocenters. The molecule has 1 heterocycles. The van der Waals surface area contributed by atoms with Crippen LogP contribution >= 0.6 is 0 Å². The Balaban J connectivity index is 2.11. The number of benzene rings is 1. The van der Waals surface area contributed by atoms with Gasteiger partial charge < -0.3 is 10.6 Å². The van der Waals surface area contributed by atoms with Crippen LogP contribution in [0.5, 0.6) is 0 Å². The number of sulfonamides is 1. The Labute approximate surface area is 155 Å². The number of carbonyl (C=O) groups excluding carboxylic acids is 1. The number of piperidine rings is 1. The first-order chi connectivity index (χ1) is 12.1. The van der Waals surface area contributed by atoms with Crippen molar-refractivity contribution in [2.75, 3.05) is 33.2 Å². The third-order valence-electron chi connectivity index (χ3n) is 4.78. The first-order valence-corrected chi connectivity index (χ1v) is 10.2. The fourth-order valence-electron chi connectivity index (χ4n) is 3.21. The van der Waals surface area contributed by atoms with Crippen LogP contribution in [0.1, 0.15) is 26.7 Å². The number of hydrogen-bond donors (Lipinski definition) is 1. The summed E-state index contributed by atoms with van der Waals surface area (Å²) in [7, 11) is -2.01. The van der Waals surface area contributed by atoms with Crippen LogP contribution in [-0.2, 0) is 14.8 Å². The number of halogens is 1. The van der Waals surface area contributed by atoms with E-state index in [1.54, 1.807) is 11.9 Å². The smallest absolute Gasteiger partial charge is 0.243 e. The third-order valence-corrected chi connectivity index (χ3v) is 6.66. The molecule has 0 spiro atoms. The molecule has 1 saturated heterocycles. The molecule has 26 heavy (non-hydrogen) atoms. The van der Waals surface area contributed by atoms with Crippen molar-refractivity contribution in [3.8, 4) is 0 Å². The zero-order valence-corrected chi connectivity index (χ0v) is 16.4. The number of rotatable bonds is 6. The lowest BCUT2D eigenvalue weighted by atomic mass is 9.92. The normalized spacial score (nSPS) is 19.3. The number of amides is 1. The highest BCUT2D eigenvalue weighted by Crippen LogP contribution is 2.26. The fraction of sp³-hybridized carbons (Fsp3) is 0.611. The first-order valence-electron chi connectivity index (χ1n) is 8.77. The Hall–Kier alpha value is -1.51. The SMILES string of the molecule is CN(CC(C)(C)CN)C(=O)C1CCCN(S(=O)(=O)c2ccc(F)cc2)C1. The number of hydrogen-bond acceptors (Lipinski definition) is 4. The molecular formula is C18H28FN3O3S. The van der Waals surface area contributed by atoms with E-state index in [0.717, 1.165) is 12.1 Å². The van der Waals surface area contributed by atoms with Gasteiger partial charge in [-0.2, -0.15) is 4.31 Å². The molecule has 8 heteroatoms. The van der Waals surface area contributed by atoms with Gasteiger partial charge in [-0.3, -0.25) is 4.79 Å². The van der Waals surface area contributed by atoms with Crippen LogP contribution in [0.15, 0.2) is 29.2 Å². The van der Waals surface area contributed by atoms with Crippen molar-refractivity contribution in [3.05, 3.63) is 30.1 Å². The zero-order chi connectivity index (χ0) is 19.5. The quantitative estimate of drug-likeness (QED) is 0.807. The van der Waals surface area contributed by atoms with Crippen molar-refractivity contribution < 1.29 is 17.6 Å². The lowest BCUT2D eigenvalue weighted by molar-refractivity contribution is -0.136. The largest absolute Gasteiger partial charge is 0.345 e. The van der Waals surface area contributed by atoms with Crippen LogP contribution in [-0.4, -0.2) is 56.8 Å². The van der Waals surface area contributed by atoms with E-state index in [1.807, 2.05) is 13.8 Å². The van der Waals surface area contributed by atoms with E-state index in [0.29, 0.717) is 32.5 Å². The van der Waals surface area contributed by atoms with Crippen LogP contribution < -0.4 is 5.73 Å². The van der Waals surface area contributed by atoms with Crippen LogP contribution in [0.3, 0.4) is 0 Å². The lowest BCUT2D eigenvalue weighted by Gasteiger charge is -2.35. The lowest BCUT2D eigenvalue weighted by Crippen LogP contribution is -2.48. The van der Waals surface area contributed by atoms with Gasteiger partial charge in [0, 0.05) is 26.7 Å².